The number of aromatic nitrogens is 1. The molecule has 3 aromatic rings. The number of anilines is 1. The van der Waals surface area contributed by atoms with Gasteiger partial charge in [-0.25, -0.2) is 9.37 Å². The summed E-state index contributed by atoms with van der Waals surface area (Å²) >= 11 is 0. The van der Waals surface area contributed by atoms with Crippen molar-refractivity contribution >= 4 is 11.6 Å². The first kappa shape index (κ1) is 17.3. The van der Waals surface area contributed by atoms with Crippen LogP contribution in [-0.2, 0) is 6.54 Å². The van der Waals surface area contributed by atoms with Crippen LogP contribution in [0.5, 0.6) is 0 Å². The molecule has 0 radical (unpaired) electrons. The van der Waals surface area contributed by atoms with E-state index in [1.165, 1.54) is 12.1 Å². The summed E-state index contributed by atoms with van der Waals surface area (Å²) in [6.45, 7) is 2.09. The summed E-state index contributed by atoms with van der Waals surface area (Å²) in [4.78, 5) is 18.5. The van der Waals surface area contributed by atoms with Gasteiger partial charge in [-0.3, -0.25) is 4.79 Å². The Morgan fingerprint density at radius 1 is 1.15 bits per heavy atom. The van der Waals surface area contributed by atoms with Gasteiger partial charge in [-0.1, -0.05) is 12.1 Å². The summed E-state index contributed by atoms with van der Waals surface area (Å²) in [6.07, 6.45) is 3.75. The van der Waals surface area contributed by atoms with Crippen molar-refractivity contribution in [1.82, 2.24) is 9.88 Å². The van der Waals surface area contributed by atoms with E-state index in [0.717, 1.165) is 31.6 Å². The maximum absolute atomic E-state index is 13.3. The van der Waals surface area contributed by atoms with E-state index in [0.29, 0.717) is 29.3 Å². The number of amides is 1. The zero-order chi connectivity index (χ0) is 18.6. The number of benzene rings is 2. The summed E-state index contributed by atoms with van der Waals surface area (Å²) in [7, 11) is 0. The van der Waals surface area contributed by atoms with Crippen LogP contribution in [0.1, 0.15) is 29.1 Å². The SMILES string of the molecule is O=C(c1ccc(NCc2ncc(-c3cccc(F)c3)o2)cc1)N1CCCC1. The number of hydrogen-bond donors (Lipinski definition) is 1. The minimum absolute atomic E-state index is 0.0893. The predicted molar refractivity (Wildman–Crippen MR) is 101 cm³/mol. The lowest BCUT2D eigenvalue weighted by atomic mass is 10.2. The predicted octanol–water partition coefficient (Wildman–Crippen LogP) is 4.33. The van der Waals surface area contributed by atoms with E-state index in [9.17, 15) is 9.18 Å². The molecule has 0 spiro atoms. The Morgan fingerprint density at radius 3 is 2.67 bits per heavy atom. The number of carbonyl (C=O) groups excluding carboxylic acids is 1. The Balaban J connectivity index is 1.37. The molecule has 0 atom stereocenters. The van der Waals surface area contributed by atoms with Gasteiger partial charge in [-0.2, -0.15) is 0 Å². The maximum Gasteiger partial charge on any atom is 0.253 e. The number of halogens is 1. The highest BCUT2D eigenvalue weighted by molar-refractivity contribution is 5.94. The standard InChI is InChI=1S/C21H20FN3O2/c22-17-5-3-4-16(12-17)19-13-24-20(27-19)14-23-18-8-6-15(7-9-18)21(26)25-10-1-2-11-25/h3-9,12-13,23H,1-2,10-11,14H2. The van der Waals surface area contributed by atoms with Gasteiger partial charge in [-0.05, 0) is 49.2 Å². The van der Waals surface area contributed by atoms with E-state index in [1.807, 2.05) is 29.2 Å². The number of oxazole rings is 1. The highest BCUT2D eigenvalue weighted by atomic mass is 19.1. The summed E-state index contributed by atoms with van der Waals surface area (Å²) in [5, 5.41) is 3.22. The van der Waals surface area contributed by atoms with Crippen molar-refractivity contribution in [3.8, 4) is 11.3 Å². The highest BCUT2D eigenvalue weighted by Gasteiger charge is 2.19. The molecule has 0 aliphatic carbocycles. The molecule has 138 valence electrons. The average Bonchev–Trinajstić information content (AvgIpc) is 3.38. The third-order valence-electron chi connectivity index (χ3n) is 4.63. The number of rotatable bonds is 5. The Kier molecular flexibility index (Phi) is 4.87. The van der Waals surface area contributed by atoms with E-state index >= 15 is 0 Å². The van der Waals surface area contributed by atoms with Crippen molar-refractivity contribution in [3.05, 3.63) is 72.0 Å². The Morgan fingerprint density at radius 2 is 1.93 bits per heavy atom. The van der Waals surface area contributed by atoms with Gasteiger partial charge in [0, 0.05) is 29.9 Å². The molecular weight excluding hydrogens is 345 g/mol. The minimum atomic E-state index is -0.313. The monoisotopic (exact) mass is 365 g/mol. The third-order valence-corrected chi connectivity index (χ3v) is 4.63. The summed E-state index contributed by atoms with van der Waals surface area (Å²) < 4.78 is 19.0. The molecule has 0 unspecified atom stereocenters. The van der Waals surface area contributed by atoms with Gasteiger partial charge in [0.25, 0.3) is 5.91 Å². The molecule has 1 N–H and O–H groups in total. The number of carbonyl (C=O) groups is 1. The lowest BCUT2D eigenvalue weighted by Crippen LogP contribution is -2.27. The number of nitrogens with one attached hydrogen (secondary N) is 1. The second-order valence-corrected chi connectivity index (χ2v) is 6.56. The molecule has 4 rings (SSSR count). The zero-order valence-electron chi connectivity index (χ0n) is 14.8. The van der Waals surface area contributed by atoms with Crippen molar-refractivity contribution in [2.45, 2.75) is 19.4 Å². The molecule has 2 heterocycles. The van der Waals surface area contributed by atoms with Crippen molar-refractivity contribution < 1.29 is 13.6 Å². The molecule has 1 aliphatic rings. The fourth-order valence-electron chi connectivity index (χ4n) is 3.18. The van der Waals surface area contributed by atoms with Crippen molar-refractivity contribution in [2.24, 2.45) is 0 Å². The second-order valence-electron chi connectivity index (χ2n) is 6.56. The van der Waals surface area contributed by atoms with Crippen LogP contribution in [-0.4, -0.2) is 28.9 Å². The van der Waals surface area contributed by atoms with Crippen LogP contribution in [0.4, 0.5) is 10.1 Å². The molecule has 6 heteroatoms. The fourth-order valence-corrected chi connectivity index (χ4v) is 3.18. The van der Waals surface area contributed by atoms with Crippen LogP contribution in [0.15, 0.2) is 59.1 Å². The largest absolute Gasteiger partial charge is 0.439 e. The quantitative estimate of drug-likeness (QED) is 0.731. The molecule has 27 heavy (non-hydrogen) atoms. The van der Waals surface area contributed by atoms with E-state index in [4.69, 9.17) is 4.42 Å². The zero-order valence-corrected chi connectivity index (χ0v) is 14.8. The molecule has 1 aromatic heterocycles. The molecule has 1 amide bonds. The van der Waals surface area contributed by atoms with E-state index in [2.05, 4.69) is 10.3 Å². The highest BCUT2D eigenvalue weighted by Crippen LogP contribution is 2.22. The van der Waals surface area contributed by atoms with Crippen LogP contribution < -0.4 is 5.32 Å². The van der Waals surface area contributed by atoms with Gasteiger partial charge >= 0.3 is 0 Å². The topological polar surface area (TPSA) is 58.4 Å². The molecule has 0 saturated carbocycles. The lowest BCUT2D eigenvalue weighted by Gasteiger charge is -2.15. The van der Waals surface area contributed by atoms with E-state index < -0.39 is 0 Å². The Labute approximate surface area is 156 Å². The maximum atomic E-state index is 13.3. The first-order valence-electron chi connectivity index (χ1n) is 9.03. The lowest BCUT2D eigenvalue weighted by molar-refractivity contribution is 0.0793. The van der Waals surface area contributed by atoms with Gasteiger partial charge in [0.15, 0.2) is 5.76 Å². The molecule has 1 aliphatic heterocycles. The van der Waals surface area contributed by atoms with Crippen molar-refractivity contribution in [2.75, 3.05) is 18.4 Å². The van der Waals surface area contributed by atoms with Crippen LogP contribution in [0.2, 0.25) is 0 Å². The molecule has 1 saturated heterocycles. The summed E-state index contributed by atoms with van der Waals surface area (Å²) in [5.74, 6) is 0.808. The van der Waals surface area contributed by atoms with Gasteiger partial charge in [0.2, 0.25) is 5.89 Å². The van der Waals surface area contributed by atoms with Gasteiger partial charge in [0.05, 0.1) is 12.7 Å². The van der Waals surface area contributed by atoms with Crippen molar-refractivity contribution in [3.63, 3.8) is 0 Å². The van der Waals surface area contributed by atoms with Gasteiger partial charge in [0.1, 0.15) is 5.82 Å². The number of nitrogens with zero attached hydrogens (tertiary/aromatic N) is 2. The van der Waals surface area contributed by atoms with E-state index in [-0.39, 0.29) is 11.7 Å². The van der Waals surface area contributed by atoms with Crippen LogP contribution in [0.3, 0.4) is 0 Å². The molecule has 1 fully saturated rings. The van der Waals surface area contributed by atoms with Crippen LogP contribution >= 0.6 is 0 Å². The summed E-state index contributed by atoms with van der Waals surface area (Å²) in [6, 6.07) is 13.6. The Bertz CT molecular complexity index is 931. The second kappa shape index (κ2) is 7.61. The van der Waals surface area contributed by atoms with Crippen molar-refractivity contribution in [1.29, 1.82) is 0 Å². The minimum Gasteiger partial charge on any atom is -0.439 e. The van der Waals surface area contributed by atoms with Crippen LogP contribution in [0, 0.1) is 5.82 Å². The average molecular weight is 365 g/mol. The molecule has 2 aromatic carbocycles. The molecular formula is C21H20FN3O2. The summed E-state index contributed by atoms with van der Waals surface area (Å²) in [5.41, 5.74) is 2.23. The number of hydrogen-bond acceptors (Lipinski definition) is 4. The number of likely N-dealkylation sites (tertiary alicyclic amines) is 1. The molecule has 0 bridgehead atoms. The fraction of sp³-hybridized carbons (Fsp3) is 0.238. The Hall–Kier alpha value is -3.15. The smallest absolute Gasteiger partial charge is 0.253 e. The van der Waals surface area contributed by atoms with Gasteiger partial charge < -0.3 is 14.6 Å². The van der Waals surface area contributed by atoms with Crippen LogP contribution in [0.25, 0.3) is 11.3 Å². The normalized spacial score (nSPS) is 13.7. The first-order chi connectivity index (χ1) is 13.2. The third kappa shape index (κ3) is 4.00. The first-order valence-corrected chi connectivity index (χ1v) is 9.03. The van der Waals surface area contributed by atoms with Gasteiger partial charge in [-0.15, -0.1) is 0 Å². The van der Waals surface area contributed by atoms with E-state index in [1.54, 1.807) is 18.3 Å². The molecule has 5 nitrogen and oxygen atoms in total.